The Bertz CT molecular complexity index is 590. The van der Waals surface area contributed by atoms with Crippen LogP contribution in [0.2, 0.25) is 0 Å². The maximum Gasteiger partial charge on any atom is 0.334 e. The van der Waals surface area contributed by atoms with Gasteiger partial charge in [0, 0.05) is 18.7 Å². The summed E-state index contributed by atoms with van der Waals surface area (Å²) in [6, 6.07) is 5.27. The van der Waals surface area contributed by atoms with Gasteiger partial charge in [-0.2, -0.15) is 0 Å². The van der Waals surface area contributed by atoms with Gasteiger partial charge in [-0.05, 0) is 23.8 Å². The van der Waals surface area contributed by atoms with E-state index in [9.17, 15) is 9.59 Å². The molecule has 1 N–H and O–H groups in total. The molecule has 1 atom stereocenters. The molecular formula is C16H19NO6. The first-order valence-corrected chi connectivity index (χ1v) is 7.08. The zero-order chi connectivity index (χ0) is 16.8. The van der Waals surface area contributed by atoms with Crippen LogP contribution >= 0.6 is 0 Å². The highest BCUT2D eigenvalue weighted by Crippen LogP contribution is 2.23. The molecule has 1 aromatic carbocycles. The molecule has 23 heavy (non-hydrogen) atoms. The number of methoxy groups -OCH3 is 2. The van der Waals surface area contributed by atoms with Gasteiger partial charge in [-0.25, -0.2) is 4.79 Å². The summed E-state index contributed by atoms with van der Waals surface area (Å²) in [5, 5.41) is 8.95. The summed E-state index contributed by atoms with van der Waals surface area (Å²) in [5.74, 6) is -0.0899. The molecule has 1 amide bonds. The van der Waals surface area contributed by atoms with Crippen LogP contribution in [0, 0.1) is 0 Å². The number of nitrogens with zero attached hydrogens (tertiary/aromatic N) is 1. The van der Waals surface area contributed by atoms with Crippen molar-refractivity contribution >= 4 is 18.0 Å². The van der Waals surface area contributed by atoms with Crippen LogP contribution in [-0.2, 0) is 14.3 Å². The zero-order valence-corrected chi connectivity index (χ0v) is 13.0. The number of ether oxygens (including phenoxy) is 3. The fourth-order valence-electron chi connectivity index (χ4n) is 2.20. The number of carbonyl (C=O) groups is 2. The predicted molar refractivity (Wildman–Crippen MR) is 82.5 cm³/mol. The largest absolute Gasteiger partial charge is 0.497 e. The van der Waals surface area contributed by atoms with E-state index in [0.717, 1.165) is 5.56 Å². The van der Waals surface area contributed by atoms with Gasteiger partial charge >= 0.3 is 5.97 Å². The molecular weight excluding hydrogens is 302 g/mol. The van der Waals surface area contributed by atoms with Crippen LogP contribution in [0.4, 0.5) is 0 Å². The third-order valence-electron chi connectivity index (χ3n) is 3.45. The second kappa shape index (κ2) is 7.64. The van der Waals surface area contributed by atoms with Crippen molar-refractivity contribution in [1.29, 1.82) is 0 Å². The topological polar surface area (TPSA) is 85.3 Å². The maximum atomic E-state index is 12.2. The van der Waals surface area contributed by atoms with Crippen LogP contribution in [-0.4, -0.2) is 61.9 Å². The minimum atomic E-state index is -1.07. The first-order valence-electron chi connectivity index (χ1n) is 7.08. The first-order chi connectivity index (χ1) is 11.0. The van der Waals surface area contributed by atoms with Gasteiger partial charge in [0.2, 0.25) is 5.91 Å². The monoisotopic (exact) mass is 321 g/mol. The minimum absolute atomic E-state index is 0.0416. The van der Waals surface area contributed by atoms with Gasteiger partial charge in [-0.3, -0.25) is 4.79 Å². The predicted octanol–water partition coefficient (Wildman–Crippen LogP) is 1.03. The third kappa shape index (κ3) is 4.46. The van der Waals surface area contributed by atoms with Crippen molar-refractivity contribution in [3.05, 3.63) is 29.8 Å². The zero-order valence-electron chi connectivity index (χ0n) is 13.0. The molecule has 1 unspecified atom stereocenters. The highest BCUT2D eigenvalue weighted by molar-refractivity contribution is 5.92. The number of morpholine rings is 1. The summed E-state index contributed by atoms with van der Waals surface area (Å²) >= 11 is 0. The number of hydrogen-bond acceptors (Lipinski definition) is 5. The molecule has 1 aliphatic rings. The fourth-order valence-corrected chi connectivity index (χ4v) is 2.20. The Morgan fingerprint density at radius 3 is 2.48 bits per heavy atom. The van der Waals surface area contributed by atoms with Crippen molar-refractivity contribution in [2.75, 3.05) is 33.9 Å². The average molecular weight is 321 g/mol. The lowest BCUT2D eigenvalue weighted by Gasteiger charge is -2.30. The van der Waals surface area contributed by atoms with Gasteiger partial charge in [0.25, 0.3) is 0 Å². The SMILES string of the molecule is COc1cc(C=CC(=O)N2CCOC(C(=O)O)C2)cc(OC)c1. The van der Waals surface area contributed by atoms with E-state index in [-0.39, 0.29) is 19.1 Å². The standard InChI is InChI=1S/C16H19NO6/c1-21-12-7-11(8-13(9-12)22-2)3-4-15(18)17-5-6-23-14(10-17)16(19)20/h3-4,7-9,14H,5-6,10H2,1-2H3,(H,19,20). The number of rotatable bonds is 5. The van der Waals surface area contributed by atoms with Crippen molar-refractivity contribution in [2.24, 2.45) is 0 Å². The van der Waals surface area contributed by atoms with E-state index in [1.165, 1.54) is 11.0 Å². The van der Waals surface area contributed by atoms with E-state index >= 15 is 0 Å². The van der Waals surface area contributed by atoms with E-state index in [1.807, 2.05) is 0 Å². The smallest absolute Gasteiger partial charge is 0.334 e. The fraction of sp³-hybridized carbons (Fsp3) is 0.375. The number of carboxylic acids is 1. The average Bonchev–Trinajstić information content (AvgIpc) is 2.59. The van der Waals surface area contributed by atoms with Crippen molar-refractivity contribution in [1.82, 2.24) is 4.90 Å². The highest BCUT2D eigenvalue weighted by atomic mass is 16.5. The molecule has 1 heterocycles. The number of amides is 1. The molecule has 0 aliphatic carbocycles. The van der Waals surface area contributed by atoms with E-state index in [2.05, 4.69) is 0 Å². The number of hydrogen-bond donors (Lipinski definition) is 1. The molecule has 7 heteroatoms. The minimum Gasteiger partial charge on any atom is -0.497 e. The molecule has 7 nitrogen and oxygen atoms in total. The van der Waals surface area contributed by atoms with Crippen LogP contribution < -0.4 is 9.47 Å². The van der Waals surface area contributed by atoms with E-state index < -0.39 is 12.1 Å². The first kappa shape index (κ1) is 16.8. The molecule has 1 aliphatic heterocycles. The molecule has 1 aromatic rings. The van der Waals surface area contributed by atoms with Gasteiger partial charge in [-0.1, -0.05) is 0 Å². The number of benzene rings is 1. The molecule has 0 bridgehead atoms. The van der Waals surface area contributed by atoms with Crippen molar-refractivity contribution in [3.63, 3.8) is 0 Å². The van der Waals surface area contributed by atoms with E-state index in [4.69, 9.17) is 19.3 Å². The van der Waals surface area contributed by atoms with Crippen molar-refractivity contribution in [3.8, 4) is 11.5 Å². The van der Waals surface area contributed by atoms with Crippen molar-refractivity contribution < 1.29 is 28.9 Å². The summed E-state index contributed by atoms with van der Waals surface area (Å²) in [5.41, 5.74) is 0.748. The number of carboxylic acid groups (broad SMARTS) is 1. The van der Waals surface area contributed by atoms with Crippen LogP contribution in [0.5, 0.6) is 11.5 Å². The van der Waals surface area contributed by atoms with E-state index in [0.29, 0.717) is 18.0 Å². The Morgan fingerprint density at radius 1 is 1.26 bits per heavy atom. The van der Waals surface area contributed by atoms with Gasteiger partial charge in [0.15, 0.2) is 6.10 Å². The van der Waals surface area contributed by atoms with Gasteiger partial charge < -0.3 is 24.2 Å². The van der Waals surface area contributed by atoms with Gasteiger partial charge in [0.05, 0.1) is 27.4 Å². The lowest BCUT2D eigenvalue weighted by molar-refractivity contribution is -0.158. The Kier molecular flexibility index (Phi) is 5.59. The molecule has 1 fully saturated rings. The molecule has 124 valence electrons. The molecule has 0 aromatic heterocycles. The van der Waals surface area contributed by atoms with Crippen LogP contribution in [0.1, 0.15) is 5.56 Å². The van der Waals surface area contributed by atoms with Gasteiger partial charge in [0.1, 0.15) is 11.5 Å². The normalized spacial score (nSPS) is 18.0. The summed E-state index contributed by atoms with van der Waals surface area (Å²) < 4.78 is 15.4. The van der Waals surface area contributed by atoms with Crippen LogP contribution in [0.3, 0.4) is 0 Å². The Morgan fingerprint density at radius 2 is 1.91 bits per heavy atom. The summed E-state index contributed by atoms with van der Waals surface area (Å²) in [6.45, 7) is 0.623. The van der Waals surface area contributed by atoms with Gasteiger partial charge in [-0.15, -0.1) is 0 Å². The number of aliphatic carboxylic acids is 1. The number of carbonyl (C=O) groups excluding carboxylic acids is 1. The Balaban J connectivity index is 2.07. The molecule has 0 radical (unpaired) electrons. The summed E-state index contributed by atoms with van der Waals surface area (Å²) in [4.78, 5) is 24.6. The Labute approximate surface area is 134 Å². The highest BCUT2D eigenvalue weighted by Gasteiger charge is 2.27. The molecule has 0 saturated carbocycles. The quantitative estimate of drug-likeness (QED) is 0.815. The van der Waals surface area contributed by atoms with E-state index in [1.54, 1.807) is 38.5 Å². The lowest BCUT2D eigenvalue weighted by Crippen LogP contribution is -2.48. The maximum absolute atomic E-state index is 12.2. The Hall–Kier alpha value is -2.54. The summed E-state index contributed by atoms with van der Waals surface area (Å²) in [7, 11) is 3.10. The second-order valence-electron chi connectivity index (χ2n) is 4.96. The van der Waals surface area contributed by atoms with Crippen LogP contribution in [0.25, 0.3) is 6.08 Å². The lowest BCUT2D eigenvalue weighted by atomic mass is 10.1. The summed E-state index contributed by atoms with van der Waals surface area (Å²) in [6.07, 6.45) is 2.06. The van der Waals surface area contributed by atoms with Crippen LogP contribution in [0.15, 0.2) is 24.3 Å². The second-order valence-corrected chi connectivity index (χ2v) is 4.96. The third-order valence-corrected chi connectivity index (χ3v) is 3.45. The van der Waals surface area contributed by atoms with Crippen molar-refractivity contribution in [2.45, 2.75) is 6.10 Å². The molecule has 2 rings (SSSR count). The molecule has 1 saturated heterocycles. The molecule has 0 spiro atoms.